The minimum absolute atomic E-state index is 0.860. The number of hydrogen-bond acceptors (Lipinski definition) is 4. The molecule has 0 saturated carbocycles. The van der Waals surface area contributed by atoms with E-state index < -0.39 is 0 Å². The van der Waals surface area contributed by atoms with Crippen molar-refractivity contribution >= 4 is 92.4 Å². The Morgan fingerprint density at radius 3 is 1.69 bits per heavy atom. The second kappa shape index (κ2) is 11.5. The summed E-state index contributed by atoms with van der Waals surface area (Å²) >= 11 is 1.85. The van der Waals surface area contributed by atoms with Crippen LogP contribution in [0.15, 0.2) is 185 Å². The van der Waals surface area contributed by atoms with Gasteiger partial charge >= 0.3 is 0 Å². The Morgan fingerprint density at radius 2 is 0.923 bits per heavy atom. The molecule has 4 heteroatoms. The van der Waals surface area contributed by atoms with Gasteiger partial charge in [0.05, 0.1) is 0 Å². The second-order valence-electron chi connectivity index (χ2n) is 13.3. The molecule has 244 valence electrons. The number of furan rings is 2. The van der Waals surface area contributed by atoms with Crippen molar-refractivity contribution in [2.75, 3.05) is 4.90 Å². The molecule has 3 heterocycles. The molecule has 0 unspecified atom stereocenters. The van der Waals surface area contributed by atoms with E-state index in [1.165, 1.54) is 31.3 Å². The molecule has 0 fully saturated rings. The number of benzene rings is 8. The molecule has 8 aromatic carbocycles. The van der Waals surface area contributed by atoms with Crippen LogP contribution >= 0.6 is 11.3 Å². The first-order valence-corrected chi connectivity index (χ1v) is 18.3. The SMILES string of the molecule is c1ccc(N(c2ccccc2)c2ccc3c(c2)oc2cc(-c4ccc5oc6ccc(-c7cccc8sc9ccccc9c78)cc6c5c4)ccc23)cc1. The van der Waals surface area contributed by atoms with Gasteiger partial charge in [-0.05, 0) is 107 Å². The molecule has 0 saturated heterocycles. The van der Waals surface area contributed by atoms with Crippen LogP contribution in [0.3, 0.4) is 0 Å². The summed E-state index contributed by atoms with van der Waals surface area (Å²) in [5, 5.41) is 7.04. The molecule has 0 amide bonds. The van der Waals surface area contributed by atoms with Crippen LogP contribution in [0, 0.1) is 0 Å². The quantitative estimate of drug-likeness (QED) is 0.181. The van der Waals surface area contributed by atoms with E-state index in [9.17, 15) is 0 Å². The number of fused-ring (bicyclic) bond motifs is 9. The van der Waals surface area contributed by atoms with E-state index in [4.69, 9.17) is 8.83 Å². The standard InChI is InChI=1S/C48H29NO2S/c1-3-10-33(11-4-1)49(34-12-5-2-6-13-34)35-21-23-38-37-22-18-31(28-44(37)51-45(38)29-35)30-19-24-42-40(26-30)41-27-32(20-25-43(41)50-42)36-15-9-17-47-48(36)39-14-7-8-16-46(39)52-47/h1-29H. The Bertz CT molecular complexity index is 3090. The zero-order valence-electron chi connectivity index (χ0n) is 27.9. The number of rotatable bonds is 5. The van der Waals surface area contributed by atoms with Crippen molar-refractivity contribution < 1.29 is 8.83 Å². The first kappa shape index (κ1) is 29.1. The van der Waals surface area contributed by atoms with Gasteiger partial charge in [0.1, 0.15) is 22.3 Å². The Labute approximate surface area is 303 Å². The van der Waals surface area contributed by atoms with E-state index in [2.05, 4.69) is 169 Å². The first-order valence-electron chi connectivity index (χ1n) is 17.5. The monoisotopic (exact) mass is 683 g/mol. The van der Waals surface area contributed by atoms with E-state index in [0.717, 1.165) is 72.1 Å². The van der Waals surface area contributed by atoms with E-state index in [1.807, 2.05) is 23.5 Å². The molecule has 0 aliphatic rings. The predicted octanol–water partition coefficient (Wildman–Crippen LogP) is 14.7. The predicted molar refractivity (Wildman–Crippen MR) is 219 cm³/mol. The topological polar surface area (TPSA) is 29.5 Å². The Balaban J connectivity index is 1.00. The maximum absolute atomic E-state index is 6.60. The lowest BCUT2D eigenvalue weighted by atomic mass is 9.97. The summed E-state index contributed by atoms with van der Waals surface area (Å²) < 4.78 is 15.6. The molecule has 0 radical (unpaired) electrons. The Hall–Kier alpha value is -6.62. The van der Waals surface area contributed by atoms with Gasteiger partial charge in [-0.1, -0.05) is 84.9 Å². The van der Waals surface area contributed by atoms with Crippen LogP contribution in [0.2, 0.25) is 0 Å². The maximum atomic E-state index is 6.60. The Morgan fingerprint density at radius 1 is 0.346 bits per heavy atom. The van der Waals surface area contributed by atoms with Crippen LogP contribution in [0.4, 0.5) is 17.1 Å². The van der Waals surface area contributed by atoms with Crippen LogP contribution in [0.1, 0.15) is 0 Å². The van der Waals surface area contributed by atoms with E-state index in [0.29, 0.717) is 0 Å². The van der Waals surface area contributed by atoms with Crippen molar-refractivity contribution in [1.29, 1.82) is 0 Å². The van der Waals surface area contributed by atoms with Crippen LogP contribution in [-0.4, -0.2) is 0 Å². The van der Waals surface area contributed by atoms with Gasteiger partial charge in [0.25, 0.3) is 0 Å². The molecular weight excluding hydrogens is 655 g/mol. The normalized spacial score (nSPS) is 11.8. The lowest BCUT2D eigenvalue weighted by Crippen LogP contribution is -2.09. The summed E-state index contributed by atoms with van der Waals surface area (Å²) in [6, 6.07) is 62.4. The lowest BCUT2D eigenvalue weighted by molar-refractivity contribution is 0.669. The van der Waals surface area contributed by atoms with Crippen molar-refractivity contribution in [3.05, 3.63) is 176 Å². The van der Waals surface area contributed by atoms with Gasteiger partial charge < -0.3 is 13.7 Å². The number of thiophene rings is 1. The Kier molecular flexibility index (Phi) is 6.42. The van der Waals surface area contributed by atoms with E-state index in [-0.39, 0.29) is 0 Å². The summed E-state index contributed by atoms with van der Waals surface area (Å²) in [5.41, 5.74) is 11.4. The zero-order valence-corrected chi connectivity index (χ0v) is 28.7. The van der Waals surface area contributed by atoms with Crippen molar-refractivity contribution in [3.8, 4) is 22.3 Å². The third-order valence-electron chi connectivity index (χ3n) is 10.3. The highest BCUT2D eigenvalue weighted by atomic mass is 32.1. The minimum atomic E-state index is 0.860. The van der Waals surface area contributed by atoms with Crippen LogP contribution < -0.4 is 4.90 Å². The smallest absolute Gasteiger partial charge is 0.137 e. The van der Waals surface area contributed by atoms with Crippen LogP contribution in [0.25, 0.3) is 86.3 Å². The highest BCUT2D eigenvalue weighted by Crippen LogP contribution is 2.43. The number of nitrogens with zero attached hydrogens (tertiary/aromatic N) is 1. The fraction of sp³-hybridized carbons (Fsp3) is 0. The van der Waals surface area contributed by atoms with E-state index in [1.54, 1.807) is 0 Å². The molecule has 0 spiro atoms. The molecule has 0 N–H and O–H groups in total. The molecule has 0 aliphatic carbocycles. The highest BCUT2D eigenvalue weighted by molar-refractivity contribution is 7.25. The molecule has 3 aromatic heterocycles. The van der Waals surface area contributed by atoms with Crippen molar-refractivity contribution in [3.63, 3.8) is 0 Å². The van der Waals surface area contributed by atoms with Crippen molar-refractivity contribution in [1.82, 2.24) is 0 Å². The minimum Gasteiger partial charge on any atom is -0.456 e. The average molecular weight is 684 g/mol. The van der Waals surface area contributed by atoms with Crippen LogP contribution in [-0.2, 0) is 0 Å². The number of para-hydroxylation sites is 2. The molecule has 0 atom stereocenters. The van der Waals surface area contributed by atoms with Gasteiger partial charge in [-0.15, -0.1) is 11.3 Å². The van der Waals surface area contributed by atoms with Gasteiger partial charge in [0, 0.05) is 64.8 Å². The fourth-order valence-corrected chi connectivity index (χ4v) is 8.96. The molecule has 0 bridgehead atoms. The number of anilines is 3. The summed E-state index contributed by atoms with van der Waals surface area (Å²) in [6.45, 7) is 0. The molecule has 3 nitrogen and oxygen atoms in total. The van der Waals surface area contributed by atoms with Gasteiger partial charge in [0.15, 0.2) is 0 Å². The van der Waals surface area contributed by atoms with Crippen molar-refractivity contribution in [2.24, 2.45) is 0 Å². The second-order valence-corrected chi connectivity index (χ2v) is 14.4. The molecule has 11 rings (SSSR count). The third-order valence-corrected chi connectivity index (χ3v) is 11.4. The lowest BCUT2D eigenvalue weighted by Gasteiger charge is -2.25. The van der Waals surface area contributed by atoms with Gasteiger partial charge in [0.2, 0.25) is 0 Å². The zero-order chi connectivity index (χ0) is 34.2. The first-order chi connectivity index (χ1) is 25.7. The summed E-state index contributed by atoms with van der Waals surface area (Å²) in [5.74, 6) is 0. The highest BCUT2D eigenvalue weighted by Gasteiger charge is 2.17. The summed E-state index contributed by atoms with van der Waals surface area (Å²) in [7, 11) is 0. The molecular formula is C48H29NO2S. The van der Waals surface area contributed by atoms with E-state index >= 15 is 0 Å². The molecule has 11 aromatic rings. The van der Waals surface area contributed by atoms with Crippen LogP contribution in [0.5, 0.6) is 0 Å². The average Bonchev–Trinajstić information content (AvgIpc) is 3.89. The van der Waals surface area contributed by atoms with Gasteiger partial charge in [-0.25, -0.2) is 0 Å². The van der Waals surface area contributed by atoms with Crippen molar-refractivity contribution in [2.45, 2.75) is 0 Å². The third kappa shape index (κ3) is 4.58. The molecule has 52 heavy (non-hydrogen) atoms. The summed E-state index contributed by atoms with van der Waals surface area (Å²) in [6.07, 6.45) is 0. The van der Waals surface area contributed by atoms with Gasteiger partial charge in [-0.2, -0.15) is 0 Å². The summed E-state index contributed by atoms with van der Waals surface area (Å²) in [4.78, 5) is 2.26. The fourth-order valence-electron chi connectivity index (χ4n) is 7.83. The number of hydrogen-bond donors (Lipinski definition) is 0. The van der Waals surface area contributed by atoms with Gasteiger partial charge in [-0.3, -0.25) is 0 Å². The maximum Gasteiger partial charge on any atom is 0.137 e. The molecule has 0 aliphatic heterocycles. The largest absolute Gasteiger partial charge is 0.456 e.